The second-order valence-electron chi connectivity index (χ2n) is 4.07. The molecule has 0 radical (unpaired) electrons. The molecule has 0 aliphatic heterocycles. The predicted molar refractivity (Wildman–Crippen MR) is 77.3 cm³/mol. The van der Waals surface area contributed by atoms with E-state index in [2.05, 4.69) is 21.2 Å². The summed E-state index contributed by atoms with van der Waals surface area (Å²) in [7, 11) is 0. The maximum absolute atomic E-state index is 13.2. The van der Waals surface area contributed by atoms with Gasteiger partial charge in [-0.1, -0.05) is 15.9 Å². The average molecular weight is 330 g/mol. The summed E-state index contributed by atoms with van der Waals surface area (Å²) in [6.45, 7) is 0.412. The van der Waals surface area contributed by atoms with Gasteiger partial charge >= 0.3 is 0 Å². The van der Waals surface area contributed by atoms with Gasteiger partial charge in [0.2, 0.25) is 0 Å². The van der Waals surface area contributed by atoms with Crippen LogP contribution in [0.3, 0.4) is 0 Å². The Morgan fingerprint density at radius 2 is 1.80 bits per heavy atom. The van der Waals surface area contributed by atoms with E-state index >= 15 is 0 Å². The van der Waals surface area contributed by atoms with Crippen molar-refractivity contribution in [3.8, 4) is 12.1 Å². The van der Waals surface area contributed by atoms with Crippen molar-refractivity contribution < 1.29 is 4.39 Å². The number of nitrogens with one attached hydrogen (secondary N) is 1. The lowest BCUT2D eigenvalue weighted by atomic mass is 10.1. The Morgan fingerprint density at radius 3 is 2.50 bits per heavy atom. The van der Waals surface area contributed by atoms with Crippen LogP contribution >= 0.6 is 15.9 Å². The number of nitriles is 2. The quantitative estimate of drug-likeness (QED) is 0.927. The number of hydrogen-bond donors (Lipinski definition) is 1. The molecule has 0 aromatic heterocycles. The van der Waals surface area contributed by atoms with Crippen molar-refractivity contribution in [3.05, 3.63) is 63.4 Å². The molecule has 2 rings (SSSR count). The first-order chi connectivity index (χ1) is 9.63. The lowest BCUT2D eigenvalue weighted by molar-refractivity contribution is 0.625. The number of nitrogens with zero attached hydrogens (tertiary/aromatic N) is 2. The van der Waals surface area contributed by atoms with Gasteiger partial charge in [-0.25, -0.2) is 4.39 Å². The molecule has 2 aromatic carbocycles. The van der Waals surface area contributed by atoms with Crippen LogP contribution in [0.25, 0.3) is 0 Å². The Hall–Kier alpha value is -2.37. The molecule has 0 unspecified atom stereocenters. The van der Waals surface area contributed by atoms with Gasteiger partial charge in [0.15, 0.2) is 0 Å². The van der Waals surface area contributed by atoms with Crippen molar-refractivity contribution in [2.45, 2.75) is 6.54 Å². The third-order valence-corrected chi connectivity index (χ3v) is 3.52. The fraction of sp³-hybridized carbons (Fsp3) is 0.0667. The van der Waals surface area contributed by atoms with Gasteiger partial charge < -0.3 is 5.32 Å². The van der Waals surface area contributed by atoms with Crippen LogP contribution in [0.2, 0.25) is 0 Å². The Morgan fingerprint density at radius 1 is 1.05 bits per heavy atom. The van der Waals surface area contributed by atoms with Crippen LogP contribution in [0.4, 0.5) is 10.1 Å². The topological polar surface area (TPSA) is 59.6 Å². The third-order valence-electron chi connectivity index (χ3n) is 2.75. The van der Waals surface area contributed by atoms with Gasteiger partial charge in [0.05, 0.1) is 11.1 Å². The zero-order valence-corrected chi connectivity index (χ0v) is 11.9. The summed E-state index contributed by atoms with van der Waals surface area (Å²) < 4.78 is 14.0. The average Bonchev–Trinajstić information content (AvgIpc) is 2.47. The summed E-state index contributed by atoms with van der Waals surface area (Å²) in [5.41, 5.74) is 2.13. The largest absolute Gasteiger partial charge is 0.381 e. The van der Waals surface area contributed by atoms with Crippen LogP contribution in [0.1, 0.15) is 16.7 Å². The van der Waals surface area contributed by atoms with Crippen LogP contribution in [0.5, 0.6) is 0 Å². The molecule has 0 saturated heterocycles. The molecule has 1 N–H and O–H groups in total. The van der Waals surface area contributed by atoms with Crippen LogP contribution in [0.15, 0.2) is 40.9 Å². The molecular weight excluding hydrogens is 321 g/mol. The minimum atomic E-state index is -0.303. The van der Waals surface area contributed by atoms with Gasteiger partial charge in [0.25, 0.3) is 0 Å². The molecule has 20 heavy (non-hydrogen) atoms. The molecule has 0 bridgehead atoms. The fourth-order valence-electron chi connectivity index (χ4n) is 1.72. The molecule has 0 saturated carbocycles. The maximum atomic E-state index is 13.2. The van der Waals surface area contributed by atoms with Gasteiger partial charge in [-0.3, -0.25) is 0 Å². The van der Waals surface area contributed by atoms with Crippen molar-refractivity contribution in [3.63, 3.8) is 0 Å². The fourth-order valence-corrected chi connectivity index (χ4v) is 2.11. The second kappa shape index (κ2) is 6.18. The summed E-state index contributed by atoms with van der Waals surface area (Å²) in [6, 6.07) is 13.3. The van der Waals surface area contributed by atoms with E-state index in [1.165, 1.54) is 12.1 Å². The van der Waals surface area contributed by atoms with Gasteiger partial charge in [0, 0.05) is 16.7 Å². The van der Waals surface area contributed by atoms with E-state index in [0.29, 0.717) is 23.4 Å². The first-order valence-electron chi connectivity index (χ1n) is 5.76. The van der Waals surface area contributed by atoms with E-state index in [1.54, 1.807) is 24.3 Å². The van der Waals surface area contributed by atoms with Crippen LogP contribution in [0, 0.1) is 28.5 Å². The second-order valence-corrected chi connectivity index (χ2v) is 4.93. The number of halogens is 2. The van der Waals surface area contributed by atoms with E-state index in [-0.39, 0.29) is 5.82 Å². The van der Waals surface area contributed by atoms with E-state index in [1.807, 2.05) is 12.1 Å². The third kappa shape index (κ3) is 3.14. The van der Waals surface area contributed by atoms with Crippen molar-refractivity contribution in [2.75, 3.05) is 5.32 Å². The molecule has 2 aromatic rings. The van der Waals surface area contributed by atoms with Gasteiger partial charge in [-0.15, -0.1) is 0 Å². The van der Waals surface area contributed by atoms with Crippen LogP contribution in [-0.2, 0) is 6.54 Å². The molecule has 0 amide bonds. The summed E-state index contributed by atoms with van der Waals surface area (Å²) >= 11 is 3.35. The van der Waals surface area contributed by atoms with E-state index in [4.69, 9.17) is 10.5 Å². The highest BCUT2D eigenvalue weighted by Crippen LogP contribution is 2.20. The number of anilines is 1. The first kappa shape index (κ1) is 14.0. The standard InChI is InChI=1S/C15H9BrFN3/c16-15-4-2-13(17)5-12(15)9-20-14-3-1-10(7-18)11(6-14)8-19/h1-6,20H,9H2. The zero-order chi connectivity index (χ0) is 14.5. The van der Waals surface area contributed by atoms with Gasteiger partial charge in [-0.2, -0.15) is 10.5 Å². The Kier molecular flexibility index (Phi) is 4.34. The Bertz CT molecular complexity index is 729. The van der Waals surface area contributed by atoms with Gasteiger partial charge in [0.1, 0.15) is 18.0 Å². The lowest BCUT2D eigenvalue weighted by Gasteiger charge is -2.09. The van der Waals surface area contributed by atoms with Crippen molar-refractivity contribution in [2.24, 2.45) is 0 Å². The van der Waals surface area contributed by atoms with Gasteiger partial charge in [-0.05, 0) is 42.0 Å². The molecule has 0 spiro atoms. The first-order valence-corrected chi connectivity index (χ1v) is 6.55. The highest BCUT2D eigenvalue weighted by Gasteiger charge is 2.05. The smallest absolute Gasteiger partial charge is 0.123 e. The molecule has 3 nitrogen and oxygen atoms in total. The number of benzene rings is 2. The van der Waals surface area contributed by atoms with E-state index < -0.39 is 0 Å². The molecule has 0 aliphatic carbocycles. The number of hydrogen-bond acceptors (Lipinski definition) is 3. The van der Waals surface area contributed by atoms with Crippen molar-refractivity contribution >= 4 is 21.6 Å². The molecule has 5 heteroatoms. The molecular formula is C15H9BrFN3. The molecule has 0 heterocycles. The highest BCUT2D eigenvalue weighted by atomic mass is 79.9. The highest BCUT2D eigenvalue weighted by molar-refractivity contribution is 9.10. The molecule has 0 aliphatic rings. The molecule has 0 atom stereocenters. The monoisotopic (exact) mass is 329 g/mol. The Labute approximate surface area is 124 Å². The lowest BCUT2D eigenvalue weighted by Crippen LogP contribution is -2.01. The number of rotatable bonds is 3. The normalized spacial score (nSPS) is 9.60. The molecule has 0 fully saturated rings. The van der Waals surface area contributed by atoms with Crippen LogP contribution < -0.4 is 5.32 Å². The molecule has 98 valence electrons. The summed E-state index contributed by atoms with van der Waals surface area (Å²) in [4.78, 5) is 0. The van der Waals surface area contributed by atoms with Crippen LogP contribution in [-0.4, -0.2) is 0 Å². The predicted octanol–water partition coefficient (Wildman–Crippen LogP) is 3.94. The summed E-state index contributed by atoms with van der Waals surface area (Å²) in [6.07, 6.45) is 0. The maximum Gasteiger partial charge on any atom is 0.123 e. The minimum absolute atomic E-state index is 0.303. The zero-order valence-electron chi connectivity index (χ0n) is 10.3. The summed E-state index contributed by atoms with van der Waals surface area (Å²) in [5, 5.41) is 20.9. The summed E-state index contributed by atoms with van der Waals surface area (Å²) in [5.74, 6) is -0.303. The van der Waals surface area contributed by atoms with Crippen molar-refractivity contribution in [1.82, 2.24) is 0 Å². The van der Waals surface area contributed by atoms with Crippen molar-refractivity contribution in [1.29, 1.82) is 10.5 Å². The minimum Gasteiger partial charge on any atom is -0.381 e. The SMILES string of the molecule is N#Cc1ccc(NCc2cc(F)ccc2Br)cc1C#N. The van der Waals surface area contributed by atoms with E-state index in [9.17, 15) is 4.39 Å². The van der Waals surface area contributed by atoms with E-state index in [0.717, 1.165) is 10.0 Å². The Balaban J connectivity index is 2.18.